The van der Waals surface area contributed by atoms with E-state index in [9.17, 15) is 0 Å². The van der Waals surface area contributed by atoms with Crippen LogP contribution in [0.25, 0.3) is 0 Å². The van der Waals surface area contributed by atoms with Crippen molar-refractivity contribution >= 4 is 27.9 Å². The predicted octanol–water partition coefficient (Wildman–Crippen LogP) is 2.50. The number of rotatable bonds is 0. The van der Waals surface area contributed by atoms with E-state index in [0.717, 1.165) is 12.8 Å². The summed E-state index contributed by atoms with van der Waals surface area (Å²) in [6.07, 6.45) is 2.30. The average molecular weight is 166 g/mol. The molecule has 0 unspecified atom stereocenters. The molecule has 0 radical (unpaired) electrons. The third kappa shape index (κ3) is 11.4. The van der Waals surface area contributed by atoms with Gasteiger partial charge in [0.1, 0.15) is 0 Å². The average Bonchev–Trinajstić information content (AvgIpc) is 2.43. The number of hydrogen-bond acceptors (Lipinski definition) is 2. The number of halogens is 2. The maximum atomic E-state index is 8.98. The third-order valence-corrected chi connectivity index (χ3v) is 0.760. The Morgan fingerprint density at radius 1 is 1.56 bits per heavy atom. The molecule has 0 N–H and O–H groups in total. The molecule has 2 nitrogen and oxygen atoms in total. The minimum atomic E-state index is -0.889. The molecule has 1 saturated carbocycles. The SMILES string of the molecule is N#CC1CC1.O=C(Cl)Cl. The van der Waals surface area contributed by atoms with E-state index in [4.69, 9.17) is 10.1 Å². The fourth-order valence-corrected chi connectivity index (χ4v) is 0.212. The van der Waals surface area contributed by atoms with E-state index in [1.165, 1.54) is 0 Å². The topological polar surface area (TPSA) is 40.9 Å². The molecule has 0 amide bonds. The van der Waals surface area contributed by atoms with Crippen LogP contribution in [0.2, 0.25) is 0 Å². The first-order chi connectivity index (χ1) is 4.16. The summed E-state index contributed by atoms with van der Waals surface area (Å²) in [4.78, 5) is 8.98. The summed E-state index contributed by atoms with van der Waals surface area (Å²) in [6.45, 7) is 0. The van der Waals surface area contributed by atoms with Crippen molar-refractivity contribution in [1.29, 1.82) is 5.26 Å². The fraction of sp³-hybridized carbons (Fsp3) is 0.600. The van der Waals surface area contributed by atoms with Crippen LogP contribution in [0.5, 0.6) is 0 Å². The smallest absolute Gasteiger partial charge is 0.262 e. The van der Waals surface area contributed by atoms with Gasteiger partial charge >= 0.3 is 4.70 Å². The van der Waals surface area contributed by atoms with Gasteiger partial charge in [0, 0.05) is 5.92 Å². The quantitative estimate of drug-likeness (QED) is 0.518. The number of carbonyl (C=O) groups excluding carboxylic acids is 1. The van der Waals surface area contributed by atoms with Crippen LogP contribution in [0.15, 0.2) is 0 Å². The van der Waals surface area contributed by atoms with Gasteiger partial charge in [0.05, 0.1) is 6.07 Å². The molecular formula is C5H5Cl2NO. The summed E-state index contributed by atoms with van der Waals surface area (Å²) in [6, 6.07) is 2.14. The molecule has 0 aromatic rings. The fourth-order valence-electron chi connectivity index (χ4n) is 0.212. The van der Waals surface area contributed by atoms with E-state index in [1.807, 2.05) is 0 Å². The second kappa shape index (κ2) is 4.60. The Balaban J connectivity index is 0.000000148. The second-order valence-corrected chi connectivity index (χ2v) is 2.51. The molecule has 50 valence electrons. The highest BCUT2D eigenvalue weighted by atomic mass is 35.5. The highest BCUT2D eigenvalue weighted by molar-refractivity contribution is 6.93. The van der Waals surface area contributed by atoms with Crippen molar-refractivity contribution in [3.8, 4) is 6.07 Å². The summed E-state index contributed by atoms with van der Waals surface area (Å²) in [5, 5.41) is 7.96. The maximum Gasteiger partial charge on any atom is 0.313 e. The van der Waals surface area contributed by atoms with E-state index < -0.39 is 4.70 Å². The second-order valence-electron chi connectivity index (χ2n) is 1.63. The monoisotopic (exact) mass is 165 g/mol. The van der Waals surface area contributed by atoms with Crippen molar-refractivity contribution < 1.29 is 4.79 Å². The van der Waals surface area contributed by atoms with Crippen LogP contribution in [-0.2, 0) is 0 Å². The van der Waals surface area contributed by atoms with Crippen LogP contribution in [-0.4, -0.2) is 4.70 Å². The van der Waals surface area contributed by atoms with E-state index in [2.05, 4.69) is 29.3 Å². The summed E-state index contributed by atoms with van der Waals surface area (Å²) in [5.41, 5.74) is 0. The maximum absolute atomic E-state index is 8.98. The highest BCUT2D eigenvalue weighted by Crippen LogP contribution is 2.26. The number of carbonyl (C=O) groups is 1. The molecule has 0 aliphatic heterocycles. The van der Waals surface area contributed by atoms with Crippen LogP contribution < -0.4 is 0 Å². The first kappa shape index (κ1) is 8.74. The lowest BCUT2D eigenvalue weighted by molar-refractivity contribution is 0.275. The van der Waals surface area contributed by atoms with Gasteiger partial charge in [-0.2, -0.15) is 5.26 Å². The summed E-state index contributed by atoms with van der Waals surface area (Å²) >= 11 is 8.80. The normalized spacial score (nSPS) is 14.8. The lowest BCUT2D eigenvalue weighted by Gasteiger charge is -1.51. The van der Waals surface area contributed by atoms with Gasteiger partial charge in [-0.05, 0) is 36.0 Å². The van der Waals surface area contributed by atoms with Crippen molar-refractivity contribution in [2.75, 3.05) is 0 Å². The molecule has 9 heavy (non-hydrogen) atoms. The molecule has 0 bridgehead atoms. The van der Waals surface area contributed by atoms with Gasteiger partial charge < -0.3 is 0 Å². The van der Waals surface area contributed by atoms with Crippen molar-refractivity contribution in [3.05, 3.63) is 0 Å². The molecule has 1 rings (SSSR count). The van der Waals surface area contributed by atoms with Crippen molar-refractivity contribution in [3.63, 3.8) is 0 Å². The first-order valence-corrected chi connectivity index (χ1v) is 3.17. The molecular weight excluding hydrogens is 161 g/mol. The van der Waals surface area contributed by atoms with Gasteiger partial charge in [-0.3, -0.25) is 4.79 Å². The van der Waals surface area contributed by atoms with Crippen LogP contribution in [0, 0.1) is 17.2 Å². The zero-order chi connectivity index (χ0) is 7.28. The number of nitrogens with zero attached hydrogens (tertiary/aromatic N) is 1. The molecule has 0 heterocycles. The van der Waals surface area contributed by atoms with Crippen LogP contribution in [0.3, 0.4) is 0 Å². The van der Waals surface area contributed by atoms with Gasteiger partial charge in [-0.25, -0.2) is 0 Å². The zero-order valence-electron chi connectivity index (χ0n) is 4.60. The lowest BCUT2D eigenvalue weighted by Crippen LogP contribution is -1.52. The molecule has 0 aromatic carbocycles. The Labute approximate surface area is 63.4 Å². The van der Waals surface area contributed by atoms with Gasteiger partial charge in [-0.15, -0.1) is 0 Å². The molecule has 0 aromatic heterocycles. The van der Waals surface area contributed by atoms with Crippen molar-refractivity contribution in [1.82, 2.24) is 0 Å². The predicted molar refractivity (Wildman–Crippen MR) is 35.4 cm³/mol. The summed E-state index contributed by atoms with van der Waals surface area (Å²) in [7, 11) is 0. The van der Waals surface area contributed by atoms with Gasteiger partial charge in [0.25, 0.3) is 0 Å². The Bertz CT molecular complexity index is 132. The summed E-state index contributed by atoms with van der Waals surface area (Å²) < 4.78 is -0.889. The zero-order valence-corrected chi connectivity index (χ0v) is 6.11. The molecule has 0 saturated heterocycles. The van der Waals surface area contributed by atoms with Crippen molar-refractivity contribution in [2.45, 2.75) is 12.8 Å². The molecule has 4 heteroatoms. The van der Waals surface area contributed by atoms with Crippen LogP contribution >= 0.6 is 23.2 Å². The van der Waals surface area contributed by atoms with Gasteiger partial charge in [0.2, 0.25) is 0 Å². The lowest BCUT2D eigenvalue weighted by atomic mass is 10.5. The van der Waals surface area contributed by atoms with Gasteiger partial charge in [-0.1, -0.05) is 0 Å². The molecule has 1 aliphatic rings. The number of hydrogen-bond donors (Lipinski definition) is 0. The van der Waals surface area contributed by atoms with E-state index >= 15 is 0 Å². The molecule has 0 spiro atoms. The third-order valence-electron chi connectivity index (χ3n) is 0.760. The van der Waals surface area contributed by atoms with E-state index in [0.29, 0.717) is 5.92 Å². The van der Waals surface area contributed by atoms with Crippen LogP contribution in [0.1, 0.15) is 12.8 Å². The van der Waals surface area contributed by atoms with E-state index in [1.54, 1.807) is 0 Å². The molecule has 0 atom stereocenters. The van der Waals surface area contributed by atoms with Gasteiger partial charge in [0.15, 0.2) is 0 Å². The minimum Gasteiger partial charge on any atom is -0.262 e. The van der Waals surface area contributed by atoms with E-state index in [-0.39, 0.29) is 0 Å². The number of nitriles is 1. The minimum absolute atomic E-state index is 0.440. The Hall–Kier alpha value is -0.260. The van der Waals surface area contributed by atoms with Crippen LogP contribution in [0.4, 0.5) is 4.79 Å². The highest BCUT2D eigenvalue weighted by Gasteiger charge is 2.19. The standard InChI is InChI=1S/C4H5N.CCl2O/c5-3-4-1-2-4;2-1(3)4/h4H,1-2H2;. The first-order valence-electron chi connectivity index (χ1n) is 2.41. The summed E-state index contributed by atoms with van der Waals surface area (Å²) in [5.74, 6) is 0.440. The van der Waals surface area contributed by atoms with Crippen molar-refractivity contribution in [2.24, 2.45) is 5.92 Å². The Morgan fingerprint density at radius 3 is 1.89 bits per heavy atom. The Kier molecular flexibility index (Phi) is 4.47. The largest absolute Gasteiger partial charge is 0.313 e. The molecule has 1 fully saturated rings. The Morgan fingerprint density at radius 2 is 1.89 bits per heavy atom. The molecule has 1 aliphatic carbocycles.